The summed E-state index contributed by atoms with van der Waals surface area (Å²) in [5, 5.41) is 0. The Balaban J connectivity index is 2.37. The van der Waals surface area contributed by atoms with Crippen LogP contribution in [0.3, 0.4) is 0 Å². The SMILES string of the molecule is CC(C)(CCN)c1nccc(-c2ccccn2)n1. The predicted molar refractivity (Wildman–Crippen MR) is 72.0 cm³/mol. The van der Waals surface area contributed by atoms with Crippen LogP contribution in [0.1, 0.15) is 26.1 Å². The van der Waals surface area contributed by atoms with Gasteiger partial charge < -0.3 is 5.73 Å². The molecule has 0 aromatic carbocycles. The van der Waals surface area contributed by atoms with E-state index >= 15 is 0 Å². The summed E-state index contributed by atoms with van der Waals surface area (Å²) < 4.78 is 0. The topological polar surface area (TPSA) is 64.7 Å². The van der Waals surface area contributed by atoms with Gasteiger partial charge in [-0.05, 0) is 31.2 Å². The number of hydrogen-bond donors (Lipinski definition) is 1. The highest BCUT2D eigenvalue weighted by atomic mass is 14.9. The Morgan fingerprint density at radius 1 is 1.06 bits per heavy atom. The zero-order chi connectivity index (χ0) is 13.0. The third-order valence-electron chi connectivity index (χ3n) is 2.96. The molecule has 0 atom stereocenters. The molecule has 0 saturated heterocycles. The van der Waals surface area contributed by atoms with E-state index in [0.717, 1.165) is 23.6 Å². The van der Waals surface area contributed by atoms with E-state index in [9.17, 15) is 0 Å². The number of nitrogens with zero attached hydrogens (tertiary/aromatic N) is 3. The lowest BCUT2D eigenvalue weighted by molar-refractivity contribution is 0.457. The molecule has 0 aliphatic heterocycles. The molecule has 2 heterocycles. The normalized spacial score (nSPS) is 11.5. The van der Waals surface area contributed by atoms with E-state index in [4.69, 9.17) is 5.73 Å². The zero-order valence-electron chi connectivity index (χ0n) is 10.8. The minimum Gasteiger partial charge on any atom is -0.330 e. The summed E-state index contributed by atoms with van der Waals surface area (Å²) in [6.45, 7) is 4.85. The van der Waals surface area contributed by atoms with Crippen LogP contribution in [0.2, 0.25) is 0 Å². The van der Waals surface area contributed by atoms with Gasteiger partial charge >= 0.3 is 0 Å². The summed E-state index contributed by atoms with van der Waals surface area (Å²) in [5.41, 5.74) is 7.24. The van der Waals surface area contributed by atoms with Gasteiger partial charge in [-0.25, -0.2) is 9.97 Å². The molecule has 0 amide bonds. The first-order chi connectivity index (χ1) is 8.63. The maximum atomic E-state index is 5.63. The maximum absolute atomic E-state index is 5.63. The van der Waals surface area contributed by atoms with E-state index in [1.54, 1.807) is 12.4 Å². The van der Waals surface area contributed by atoms with E-state index in [1.807, 2.05) is 24.3 Å². The Morgan fingerprint density at radius 2 is 1.89 bits per heavy atom. The third-order valence-corrected chi connectivity index (χ3v) is 2.96. The van der Waals surface area contributed by atoms with E-state index in [-0.39, 0.29) is 5.41 Å². The zero-order valence-corrected chi connectivity index (χ0v) is 10.8. The molecule has 0 aliphatic rings. The second-order valence-electron chi connectivity index (χ2n) is 4.90. The molecule has 0 bridgehead atoms. The molecule has 0 saturated carbocycles. The Kier molecular flexibility index (Phi) is 3.67. The quantitative estimate of drug-likeness (QED) is 0.892. The third kappa shape index (κ3) is 2.71. The Morgan fingerprint density at radius 3 is 2.56 bits per heavy atom. The van der Waals surface area contributed by atoms with Crippen LogP contribution in [0, 0.1) is 0 Å². The van der Waals surface area contributed by atoms with Crippen molar-refractivity contribution in [2.45, 2.75) is 25.7 Å². The van der Waals surface area contributed by atoms with Crippen LogP contribution in [0.5, 0.6) is 0 Å². The summed E-state index contributed by atoms with van der Waals surface area (Å²) in [7, 11) is 0. The van der Waals surface area contributed by atoms with Gasteiger partial charge in [0.2, 0.25) is 0 Å². The molecule has 0 radical (unpaired) electrons. The highest BCUT2D eigenvalue weighted by Gasteiger charge is 2.23. The van der Waals surface area contributed by atoms with Gasteiger partial charge in [0, 0.05) is 17.8 Å². The smallest absolute Gasteiger partial charge is 0.134 e. The van der Waals surface area contributed by atoms with E-state index in [2.05, 4.69) is 28.8 Å². The fraction of sp³-hybridized carbons (Fsp3) is 0.357. The van der Waals surface area contributed by atoms with Gasteiger partial charge in [-0.15, -0.1) is 0 Å². The van der Waals surface area contributed by atoms with Crippen molar-refractivity contribution in [3.05, 3.63) is 42.5 Å². The average Bonchev–Trinajstić information content (AvgIpc) is 2.40. The van der Waals surface area contributed by atoms with Crippen molar-refractivity contribution < 1.29 is 0 Å². The first-order valence-corrected chi connectivity index (χ1v) is 6.08. The first kappa shape index (κ1) is 12.6. The monoisotopic (exact) mass is 242 g/mol. The van der Waals surface area contributed by atoms with Crippen molar-refractivity contribution in [3.63, 3.8) is 0 Å². The molecular weight excluding hydrogens is 224 g/mol. The largest absolute Gasteiger partial charge is 0.330 e. The lowest BCUT2D eigenvalue weighted by Gasteiger charge is -2.22. The van der Waals surface area contributed by atoms with E-state index in [1.165, 1.54) is 0 Å². The molecule has 18 heavy (non-hydrogen) atoms. The predicted octanol–water partition coefficient (Wildman–Crippen LogP) is 2.17. The lowest BCUT2D eigenvalue weighted by atomic mass is 9.88. The van der Waals surface area contributed by atoms with Gasteiger partial charge in [0.05, 0.1) is 11.4 Å². The van der Waals surface area contributed by atoms with Crippen molar-refractivity contribution in [2.24, 2.45) is 5.73 Å². The van der Waals surface area contributed by atoms with Crippen LogP contribution in [0.15, 0.2) is 36.7 Å². The number of nitrogens with two attached hydrogens (primary N) is 1. The standard InChI is InChI=1S/C14H18N4/c1-14(2,7-8-15)13-17-10-6-12(18-13)11-5-3-4-9-16-11/h3-6,9-10H,7-8,15H2,1-2H3. The summed E-state index contributed by atoms with van der Waals surface area (Å²) in [4.78, 5) is 13.3. The van der Waals surface area contributed by atoms with Crippen molar-refractivity contribution in [1.29, 1.82) is 0 Å². The Bertz CT molecular complexity index is 508. The minimum absolute atomic E-state index is 0.112. The first-order valence-electron chi connectivity index (χ1n) is 6.08. The average molecular weight is 242 g/mol. The highest BCUT2D eigenvalue weighted by Crippen LogP contribution is 2.24. The highest BCUT2D eigenvalue weighted by molar-refractivity contribution is 5.52. The summed E-state index contributed by atoms with van der Waals surface area (Å²) >= 11 is 0. The molecule has 4 nitrogen and oxygen atoms in total. The Hall–Kier alpha value is -1.81. The van der Waals surface area contributed by atoms with Crippen LogP contribution >= 0.6 is 0 Å². The van der Waals surface area contributed by atoms with E-state index < -0.39 is 0 Å². The van der Waals surface area contributed by atoms with Crippen LogP contribution in [0.4, 0.5) is 0 Å². The molecule has 2 aromatic heterocycles. The number of aromatic nitrogens is 3. The van der Waals surface area contributed by atoms with Gasteiger partial charge in [0.25, 0.3) is 0 Å². The van der Waals surface area contributed by atoms with Gasteiger partial charge in [0.15, 0.2) is 0 Å². The van der Waals surface area contributed by atoms with Gasteiger partial charge in [-0.3, -0.25) is 4.98 Å². The number of hydrogen-bond acceptors (Lipinski definition) is 4. The molecule has 0 spiro atoms. The molecule has 94 valence electrons. The van der Waals surface area contributed by atoms with E-state index in [0.29, 0.717) is 6.54 Å². The number of pyridine rings is 1. The minimum atomic E-state index is -0.112. The van der Waals surface area contributed by atoms with Crippen LogP contribution in [-0.4, -0.2) is 21.5 Å². The second kappa shape index (κ2) is 5.23. The van der Waals surface area contributed by atoms with Crippen molar-refractivity contribution >= 4 is 0 Å². The van der Waals surface area contributed by atoms with Crippen molar-refractivity contribution in [2.75, 3.05) is 6.54 Å². The van der Waals surface area contributed by atoms with Crippen LogP contribution in [-0.2, 0) is 5.41 Å². The van der Waals surface area contributed by atoms with Gasteiger partial charge in [0.1, 0.15) is 5.82 Å². The maximum Gasteiger partial charge on any atom is 0.134 e. The van der Waals surface area contributed by atoms with Crippen LogP contribution in [0.25, 0.3) is 11.4 Å². The molecule has 2 N–H and O–H groups in total. The molecule has 0 fully saturated rings. The molecule has 2 rings (SSSR count). The van der Waals surface area contributed by atoms with Gasteiger partial charge in [-0.1, -0.05) is 19.9 Å². The molecule has 0 aliphatic carbocycles. The molecule has 0 unspecified atom stereocenters. The van der Waals surface area contributed by atoms with Crippen LogP contribution < -0.4 is 5.73 Å². The second-order valence-corrected chi connectivity index (χ2v) is 4.90. The summed E-state index contributed by atoms with van der Waals surface area (Å²) in [6.07, 6.45) is 4.41. The Labute approximate surface area is 107 Å². The fourth-order valence-electron chi connectivity index (χ4n) is 1.81. The number of rotatable bonds is 4. The molecule has 2 aromatic rings. The van der Waals surface area contributed by atoms with Crippen molar-refractivity contribution in [3.8, 4) is 11.4 Å². The summed E-state index contributed by atoms with van der Waals surface area (Å²) in [6, 6.07) is 7.67. The summed E-state index contributed by atoms with van der Waals surface area (Å²) in [5.74, 6) is 0.816. The molecular formula is C14H18N4. The fourth-order valence-corrected chi connectivity index (χ4v) is 1.81. The molecule has 4 heteroatoms. The van der Waals surface area contributed by atoms with Crippen molar-refractivity contribution in [1.82, 2.24) is 15.0 Å². The lowest BCUT2D eigenvalue weighted by Crippen LogP contribution is -2.24. The van der Waals surface area contributed by atoms with Gasteiger partial charge in [-0.2, -0.15) is 0 Å².